The molecular formula is C13H13BrN2O. The van der Waals surface area contributed by atoms with E-state index in [9.17, 15) is 5.11 Å². The van der Waals surface area contributed by atoms with Gasteiger partial charge in [0.15, 0.2) is 0 Å². The molecule has 0 aliphatic carbocycles. The molecule has 0 radical (unpaired) electrons. The molecule has 1 saturated heterocycles. The molecular weight excluding hydrogens is 280 g/mol. The number of rotatable bonds is 1. The van der Waals surface area contributed by atoms with E-state index in [2.05, 4.69) is 31.9 Å². The van der Waals surface area contributed by atoms with Crippen LogP contribution in [0.2, 0.25) is 0 Å². The summed E-state index contributed by atoms with van der Waals surface area (Å²) < 4.78 is 1.04. The lowest BCUT2D eigenvalue weighted by molar-refractivity contribution is 0.198. The number of hydrogen-bond donors (Lipinski definition) is 1. The summed E-state index contributed by atoms with van der Waals surface area (Å²) in [6, 6.07) is 8.14. The summed E-state index contributed by atoms with van der Waals surface area (Å²) in [6.45, 7) is 1.63. The first-order valence-electron chi connectivity index (χ1n) is 5.71. The molecule has 0 amide bonds. The molecule has 1 atom stereocenters. The largest absolute Gasteiger partial charge is 0.391 e. The van der Waals surface area contributed by atoms with Crippen molar-refractivity contribution >= 4 is 32.5 Å². The first kappa shape index (κ1) is 11.0. The number of fused-ring (bicyclic) bond motifs is 1. The van der Waals surface area contributed by atoms with Crippen LogP contribution in [-0.2, 0) is 0 Å². The molecule has 0 bridgehead atoms. The summed E-state index contributed by atoms with van der Waals surface area (Å²) in [5, 5.41) is 10.8. The van der Waals surface area contributed by atoms with E-state index in [1.54, 1.807) is 0 Å². The second-order valence-electron chi connectivity index (χ2n) is 4.38. The van der Waals surface area contributed by atoms with Crippen LogP contribution in [0.1, 0.15) is 6.42 Å². The van der Waals surface area contributed by atoms with Crippen LogP contribution in [0.4, 0.5) is 5.69 Å². The van der Waals surface area contributed by atoms with E-state index in [1.165, 1.54) is 5.69 Å². The van der Waals surface area contributed by atoms with Crippen LogP contribution in [-0.4, -0.2) is 29.3 Å². The van der Waals surface area contributed by atoms with Gasteiger partial charge in [-0.15, -0.1) is 0 Å². The lowest BCUT2D eigenvalue weighted by Crippen LogP contribution is -2.21. The zero-order valence-corrected chi connectivity index (χ0v) is 10.9. The van der Waals surface area contributed by atoms with Crippen LogP contribution in [0, 0.1) is 0 Å². The Balaban J connectivity index is 2.10. The summed E-state index contributed by atoms with van der Waals surface area (Å²) in [4.78, 5) is 6.60. The highest BCUT2D eigenvalue weighted by Crippen LogP contribution is 2.29. The normalized spacial score (nSPS) is 20.1. The fourth-order valence-electron chi connectivity index (χ4n) is 2.34. The number of pyridine rings is 1. The van der Waals surface area contributed by atoms with E-state index in [0.29, 0.717) is 0 Å². The zero-order chi connectivity index (χ0) is 11.8. The van der Waals surface area contributed by atoms with Crippen molar-refractivity contribution in [3.63, 3.8) is 0 Å². The summed E-state index contributed by atoms with van der Waals surface area (Å²) >= 11 is 3.46. The van der Waals surface area contributed by atoms with Gasteiger partial charge in [-0.1, -0.05) is 15.9 Å². The SMILES string of the molecule is O[C@H]1CCN(c2ccnc3cc(Br)ccc23)C1. The van der Waals surface area contributed by atoms with Gasteiger partial charge < -0.3 is 10.0 Å². The van der Waals surface area contributed by atoms with Gasteiger partial charge in [0, 0.05) is 34.8 Å². The molecule has 1 aromatic carbocycles. The highest BCUT2D eigenvalue weighted by Gasteiger charge is 2.21. The van der Waals surface area contributed by atoms with Gasteiger partial charge >= 0.3 is 0 Å². The Hall–Kier alpha value is -1.13. The van der Waals surface area contributed by atoms with Crippen LogP contribution < -0.4 is 4.90 Å². The van der Waals surface area contributed by atoms with Crippen molar-refractivity contribution < 1.29 is 5.11 Å². The average molecular weight is 293 g/mol. The maximum absolute atomic E-state index is 9.61. The van der Waals surface area contributed by atoms with Gasteiger partial charge in [0.1, 0.15) is 0 Å². The van der Waals surface area contributed by atoms with E-state index < -0.39 is 0 Å². The molecule has 1 fully saturated rings. The molecule has 3 rings (SSSR count). The highest BCUT2D eigenvalue weighted by atomic mass is 79.9. The lowest BCUT2D eigenvalue weighted by atomic mass is 10.2. The third-order valence-electron chi connectivity index (χ3n) is 3.19. The monoisotopic (exact) mass is 292 g/mol. The lowest BCUT2D eigenvalue weighted by Gasteiger charge is -2.19. The summed E-state index contributed by atoms with van der Waals surface area (Å²) in [5.41, 5.74) is 2.15. The maximum Gasteiger partial charge on any atom is 0.0734 e. The number of hydrogen-bond acceptors (Lipinski definition) is 3. The van der Waals surface area contributed by atoms with E-state index in [0.717, 1.165) is 34.9 Å². The molecule has 2 aromatic rings. The first-order chi connectivity index (χ1) is 8.24. The second-order valence-corrected chi connectivity index (χ2v) is 5.30. The molecule has 2 heterocycles. The van der Waals surface area contributed by atoms with Crippen molar-refractivity contribution in [2.45, 2.75) is 12.5 Å². The van der Waals surface area contributed by atoms with Crippen LogP contribution >= 0.6 is 15.9 Å². The van der Waals surface area contributed by atoms with Crippen molar-refractivity contribution in [2.75, 3.05) is 18.0 Å². The van der Waals surface area contributed by atoms with Gasteiger partial charge in [-0.2, -0.15) is 0 Å². The van der Waals surface area contributed by atoms with E-state index >= 15 is 0 Å². The maximum atomic E-state index is 9.61. The van der Waals surface area contributed by atoms with E-state index in [4.69, 9.17) is 0 Å². The highest BCUT2D eigenvalue weighted by molar-refractivity contribution is 9.10. The minimum Gasteiger partial charge on any atom is -0.391 e. The Kier molecular flexibility index (Phi) is 2.76. The predicted octanol–water partition coefficient (Wildman–Crippen LogP) is 2.57. The van der Waals surface area contributed by atoms with Crippen molar-refractivity contribution in [1.29, 1.82) is 0 Å². The van der Waals surface area contributed by atoms with Crippen molar-refractivity contribution in [2.24, 2.45) is 0 Å². The van der Waals surface area contributed by atoms with E-state index in [-0.39, 0.29) is 6.10 Å². The zero-order valence-electron chi connectivity index (χ0n) is 9.31. The number of aliphatic hydroxyl groups is 1. The quantitative estimate of drug-likeness (QED) is 0.878. The molecule has 88 valence electrons. The number of β-amino-alcohol motifs (C(OH)–C–C–N with tert-alkyl or cyclic N) is 1. The summed E-state index contributed by atoms with van der Waals surface area (Å²) in [5.74, 6) is 0. The number of nitrogens with zero attached hydrogens (tertiary/aromatic N) is 2. The fraction of sp³-hybridized carbons (Fsp3) is 0.308. The smallest absolute Gasteiger partial charge is 0.0734 e. The molecule has 0 saturated carbocycles. The number of halogens is 1. The minimum absolute atomic E-state index is 0.200. The van der Waals surface area contributed by atoms with Crippen molar-refractivity contribution in [3.05, 3.63) is 34.9 Å². The molecule has 1 aromatic heterocycles. The van der Waals surface area contributed by atoms with Gasteiger partial charge in [0.25, 0.3) is 0 Å². The molecule has 17 heavy (non-hydrogen) atoms. The van der Waals surface area contributed by atoms with Gasteiger partial charge in [-0.3, -0.25) is 4.98 Å². The minimum atomic E-state index is -0.200. The summed E-state index contributed by atoms with van der Waals surface area (Å²) in [7, 11) is 0. The van der Waals surface area contributed by atoms with Gasteiger partial charge in [-0.25, -0.2) is 0 Å². The number of benzene rings is 1. The molecule has 4 heteroatoms. The van der Waals surface area contributed by atoms with Crippen molar-refractivity contribution in [3.8, 4) is 0 Å². The number of aliphatic hydroxyl groups excluding tert-OH is 1. The molecule has 0 spiro atoms. The molecule has 0 unspecified atom stereocenters. The third kappa shape index (κ3) is 2.03. The van der Waals surface area contributed by atoms with Crippen molar-refractivity contribution in [1.82, 2.24) is 4.98 Å². The molecule has 3 nitrogen and oxygen atoms in total. The molecule has 1 aliphatic rings. The number of aromatic nitrogens is 1. The second kappa shape index (κ2) is 4.27. The van der Waals surface area contributed by atoms with E-state index in [1.807, 2.05) is 24.4 Å². The van der Waals surface area contributed by atoms with Crippen LogP contribution in [0.15, 0.2) is 34.9 Å². The third-order valence-corrected chi connectivity index (χ3v) is 3.68. The predicted molar refractivity (Wildman–Crippen MR) is 72.3 cm³/mol. The van der Waals surface area contributed by atoms with Crippen LogP contribution in [0.25, 0.3) is 10.9 Å². The Bertz CT molecular complexity index is 558. The Labute approximate surface area is 108 Å². The van der Waals surface area contributed by atoms with Gasteiger partial charge in [0.05, 0.1) is 11.6 Å². The fourth-order valence-corrected chi connectivity index (χ4v) is 2.69. The van der Waals surface area contributed by atoms with Gasteiger partial charge in [-0.05, 0) is 30.7 Å². The van der Waals surface area contributed by atoms with Crippen LogP contribution in [0.5, 0.6) is 0 Å². The molecule has 1 aliphatic heterocycles. The molecule has 1 N–H and O–H groups in total. The average Bonchev–Trinajstić information content (AvgIpc) is 2.74. The summed E-state index contributed by atoms with van der Waals surface area (Å²) in [6.07, 6.45) is 2.48. The topological polar surface area (TPSA) is 36.4 Å². The Morgan fingerprint density at radius 1 is 1.35 bits per heavy atom. The first-order valence-corrected chi connectivity index (χ1v) is 6.50. The Morgan fingerprint density at radius 2 is 2.24 bits per heavy atom. The van der Waals surface area contributed by atoms with Gasteiger partial charge in [0.2, 0.25) is 0 Å². The number of anilines is 1. The Morgan fingerprint density at radius 3 is 3.00 bits per heavy atom. The van der Waals surface area contributed by atoms with Crippen LogP contribution in [0.3, 0.4) is 0 Å². The standard InChI is InChI=1S/C13H13BrN2O/c14-9-1-2-11-12(7-9)15-5-3-13(11)16-6-4-10(17)8-16/h1-3,5,7,10,17H,4,6,8H2/t10-/m0/s1.